The molecular formula is C18H17N3O5S2. The van der Waals surface area contributed by atoms with Crippen molar-refractivity contribution >= 4 is 52.0 Å². The molecule has 1 aromatic carbocycles. The van der Waals surface area contributed by atoms with Crippen LogP contribution in [-0.2, 0) is 9.59 Å². The van der Waals surface area contributed by atoms with E-state index >= 15 is 0 Å². The van der Waals surface area contributed by atoms with Gasteiger partial charge in [-0.25, -0.2) is 0 Å². The van der Waals surface area contributed by atoms with Crippen LogP contribution in [0.3, 0.4) is 0 Å². The maximum atomic E-state index is 12.7. The Balaban J connectivity index is 1.72. The third kappa shape index (κ3) is 4.34. The Morgan fingerprint density at radius 3 is 2.71 bits per heavy atom. The van der Waals surface area contributed by atoms with Gasteiger partial charge in [-0.15, -0.1) is 0 Å². The molecule has 1 aromatic heterocycles. The Hall–Kier alpha value is -2.85. The molecule has 28 heavy (non-hydrogen) atoms. The van der Waals surface area contributed by atoms with Gasteiger partial charge in [0, 0.05) is 6.07 Å². The number of ether oxygens (including phenoxy) is 2. The molecule has 2 amide bonds. The largest absolute Gasteiger partial charge is 0.493 e. The van der Waals surface area contributed by atoms with Crippen molar-refractivity contribution in [2.45, 2.75) is 6.92 Å². The van der Waals surface area contributed by atoms with Gasteiger partial charge in [-0.2, -0.15) is 0 Å². The van der Waals surface area contributed by atoms with Gasteiger partial charge in [-0.05, 0) is 30.7 Å². The predicted molar refractivity (Wildman–Crippen MR) is 109 cm³/mol. The topological polar surface area (TPSA) is 93.9 Å². The quantitative estimate of drug-likeness (QED) is 0.564. The second-order valence-corrected chi connectivity index (χ2v) is 7.43. The second-order valence-electron chi connectivity index (χ2n) is 5.75. The number of thioether (sulfide) groups is 1. The number of nitrogens with one attached hydrogen (secondary N) is 1. The summed E-state index contributed by atoms with van der Waals surface area (Å²) >= 11 is 6.39. The number of aryl methyl sites for hydroxylation is 1. The molecule has 0 atom stereocenters. The van der Waals surface area contributed by atoms with Crippen molar-refractivity contribution in [1.29, 1.82) is 0 Å². The van der Waals surface area contributed by atoms with Crippen molar-refractivity contribution in [2.75, 3.05) is 26.1 Å². The Morgan fingerprint density at radius 2 is 2.07 bits per heavy atom. The standard InChI is InChI=1S/C18H17N3O5S2/c1-10-6-15(20-26-10)19-16(22)9-21-17(23)14(28-18(21)27)8-11-4-5-12(24-2)13(7-11)25-3/h4-8H,9H2,1-3H3,(H,19,20,22)/b14-8-. The van der Waals surface area contributed by atoms with Gasteiger partial charge in [0.1, 0.15) is 16.6 Å². The van der Waals surface area contributed by atoms with E-state index in [-0.39, 0.29) is 18.3 Å². The molecule has 146 valence electrons. The fraction of sp³-hybridized carbons (Fsp3) is 0.222. The van der Waals surface area contributed by atoms with E-state index in [0.717, 1.165) is 17.3 Å². The minimum Gasteiger partial charge on any atom is -0.493 e. The molecule has 0 saturated carbocycles. The van der Waals surface area contributed by atoms with Crippen LogP contribution in [0, 0.1) is 6.92 Å². The van der Waals surface area contributed by atoms with Gasteiger partial charge in [0.05, 0.1) is 19.1 Å². The number of thiocarbonyl (C=S) groups is 1. The predicted octanol–water partition coefficient (Wildman–Crippen LogP) is 2.84. The highest BCUT2D eigenvalue weighted by Gasteiger charge is 2.33. The molecule has 0 aliphatic carbocycles. The summed E-state index contributed by atoms with van der Waals surface area (Å²) < 4.78 is 15.7. The average Bonchev–Trinajstić information content (AvgIpc) is 3.19. The van der Waals surface area contributed by atoms with Gasteiger partial charge in [-0.1, -0.05) is 35.2 Å². The molecule has 2 heterocycles. The lowest BCUT2D eigenvalue weighted by Gasteiger charge is -2.13. The first-order valence-corrected chi connectivity index (χ1v) is 9.34. The molecule has 1 saturated heterocycles. The van der Waals surface area contributed by atoms with E-state index in [1.165, 1.54) is 12.0 Å². The molecule has 1 aliphatic rings. The van der Waals surface area contributed by atoms with Crippen molar-refractivity contribution in [3.8, 4) is 11.5 Å². The van der Waals surface area contributed by atoms with E-state index in [4.69, 9.17) is 26.2 Å². The molecule has 0 spiro atoms. The minimum absolute atomic E-state index is 0.208. The van der Waals surface area contributed by atoms with Crippen LogP contribution in [0.5, 0.6) is 11.5 Å². The number of benzene rings is 1. The van der Waals surface area contributed by atoms with Crippen molar-refractivity contribution in [3.05, 3.63) is 40.5 Å². The monoisotopic (exact) mass is 419 g/mol. The minimum atomic E-state index is -0.419. The van der Waals surface area contributed by atoms with Gasteiger partial charge in [0.2, 0.25) is 5.91 Å². The molecular weight excluding hydrogens is 402 g/mol. The zero-order chi connectivity index (χ0) is 20.3. The average molecular weight is 419 g/mol. The highest BCUT2D eigenvalue weighted by molar-refractivity contribution is 8.26. The van der Waals surface area contributed by atoms with E-state index in [2.05, 4.69) is 10.5 Å². The zero-order valence-corrected chi connectivity index (χ0v) is 17.0. The highest BCUT2D eigenvalue weighted by Crippen LogP contribution is 2.34. The van der Waals surface area contributed by atoms with Crippen LogP contribution < -0.4 is 14.8 Å². The number of methoxy groups -OCH3 is 2. The fourth-order valence-electron chi connectivity index (χ4n) is 2.48. The third-order valence-corrected chi connectivity index (χ3v) is 5.15. The van der Waals surface area contributed by atoms with E-state index in [0.29, 0.717) is 26.5 Å². The molecule has 1 fully saturated rings. The third-order valence-electron chi connectivity index (χ3n) is 3.78. The summed E-state index contributed by atoms with van der Waals surface area (Å²) in [6.07, 6.45) is 1.69. The highest BCUT2D eigenvalue weighted by atomic mass is 32.2. The van der Waals surface area contributed by atoms with Crippen LogP contribution >= 0.6 is 24.0 Å². The number of rotatable bonds is 6. The lowest BCUT2D eigenvalue weighted by atomic mass is 10.2. The summed E-state index contributed by atoms with van der Waals surface area (Å²) in [7, 11) is 3.09. The Labute approximate surface area is 170 Å². The van der Waals surface area contributed by atoms with Crippen LogP contribution in [0.15, 0.2) is 33.7 Å². The zero-order valence-electron chi connectivity index (χ0n) is 15.3. The SMILES string of the molecule is COc1ccc(/C=C2\SC(=S)N(CC(=O)Nc3cc(C)on3)C2=O)cc1OC. The number of anilines is 1. The number of hydrogen-bond acceptors (Lipinski definition) is 8. The fourth-order valence-corrected chi connectivity index (χ4v) is 3.74. The molecule has 0 unspecified atom stereocenters. The Bertz CT molecular complexity index is 970. The van der Waals surface area contributed by atoms with Gasteiger partial charge < -0.3 is 19.3 Å². The van der Waals surface area contributed by atoms with Gasteiger partial charge in [0.25, 0.3) is 5.91 Å². The molecule has 3 rings (SSSR count). The molecule has 2 aromatic rings. The van der Waals surface area contributed by atoms with Gasteiger partial charge in [-0.3, -0.25) is 14.5 Å². The van der Waals surface area contributed by atoms with Crippen LogP contribution in [0.1, 0.15) is 11.3 Å². The summed E-state index contributed by atoms with van der Waals surface area (Å²) in [5.74, 6) is 1.24. The number of nitrogens with zero attached hydrogens (tertiary/aromatic N) is 2. The summed E-state index contributed by atoms with van der Waals surface area (Å²) in [5.41, 5.74) is 0.751. The van der Waals surface area contributed by atoms with Crippen LogP contribution in [0.25, 0.3) is 6.08 Å². The first kappa shape index (κ1) is 19.9. The molecule has 0 bridgehead atoms. The van der Waals surface area contributed by atoms with Crippen molar-refractivity contribution in [1.82, 2.24) is 10.1 Å². The van der Waals surface area contributed by atoms with Crippen molar-refractivity contribution < 1.29 is 23.6 Å². The van der Waals surface area contributed by atoms with Crippen LogP contribution in [0.2, 0.25) is 0 Å². The molecule has 1 aliphatic heterocycles. The number of hydrogen-bond donors (Lipinski definition) is 1. The van der Waals surface area contributed by atoms with Crippen LogP contribution in [-0.4, -0.2) is 47.0 Å². The van der Waals surface area contributed by atoms with Gasteiger partial charge in [0.15, 0.2) is 17.3 Å². The van der Waals surface area contributed by atoms with Gasteiger partial charge >= 0.3 is 0 Å². The van der Waals surface area contributed by atoms with Crippen molar-refractivity contribution in [2.24, 2.45) is 0 Å². The molecule has 1 N–H and O–H groups in total. The first-order chi connectivity index (χ1) is 13.4. The first-order valence-electron chi connectivity index (χ1n) is 8.12. The molecule has 8 nitrogen and oxygen atoms in total. The van der Waals surface area contributed by atoms with Crippen LogP contribution in [0.4, 0.5) is 5.82 Å². The van der Waals surface area contributed by atoms with E-state index < -0.39 is 5.91 Å². The lowest BCUT2D eigenvalue weighted by Crippen LogP contribution is -2.36. The summed E-state index contributed by atoms with van der Waals surface area (Å²) in [6.45, 7) is 1.50. The molecule has 0 radical (unpaired) electrons. The number of carbonyl (C=O) groups is 2. The Morgan fingerprint density at radius 1 is 1.32 bits per heavy atom. The van der Waals surface area contributed by atoms with E-state index in [1.54, 1.807) is 44.4 Å². The summed E-state index contributed by atoms with van der Waals surface area (Å²) in [5, 5.41) is 6.25. The van der Waals surface area contributed by atoms with Crippen molar-refractivity contribution in [3.63, 3.8) is 0 Å². The number of aromatic nitrogens is 1. The normalized spacial score (nSPS) is 15.2. The summed E-state index contributed by atoms with van der Waals surface area (Å²) in [4.78, 5) is 26.5. The molecule has 10 heteroatoms. The maximum Gasteiger partial charge on any atom is 0.266 e. The number of amides is 2. The second kappa shape index (κ2) is 8.44. The smallest absolute Gasteiger partial charge is 0.266 e. The van der Waals surface area contributed by atoms with E-state index in [9.17, 15) is 9.59 Å². The number of carbonyl (C=O) groups excluding carboxylic acids is 2. The Kier molecular flexibility index (Phi) is 6.00. The maximum absolute atomic E-state index is 12.7. The summed E-state index contributed by atoms with van der Waals surface area (Å²) in [6, 6.07) is 6.89. The lowest BCUT2D eigenvalue weighted by molar-refractivity contribution is -0.126. The van der Waals surface area contributed by atoms with E-state index in [1.807, 2.05) is 0 Å².